The highest BCUT2D eigenvalue weighted by Gasteiger charge is 2.59. The van der Waals surface area contributed by atoms with Crippen LogP contribution in [0, 0.1) is 0 Å². The highest BCUT2D eigenvalue weighted by atomic mass is 35.5. The zero-order valence-electron chi connectivity index (χ0n) is 24.7. The van der Waals surface area contributed by atoms with Crippen molar-refractivity contribution in [2.24, 2.45) is 0 Å². The van der Waals surface area contributed by atoms with Gasteiger partial charge in [-0.15, -0.1) is 11.3 Å². The molecule has 0 atom stereocenters. The van der Waals surface area contributed by atoms with Crippen molar-refractivity contribution < 1.29 is 0 Å². The molecular weight excluding hydrogens is 596 g/mol. The second-order valence-electron chi connectivity index (χ2n) is 12.8. The molecule has 3 aliphatic rings. The minimum Gasteiger partial charge on any atom is -0.135 e. The van der Waals surface area contributed by atoms with E-state index in [2.05, 4.69) is 152 Å². The number of thiophene rings is 1. The number of fused-ring (bicyclic) bond motifs is 20. The molecule has 0 saturated carbocycles. The third-order valence-electron chi connectivity index (χ3n) is 11.0. The molecule has 0 bridgehead atoms. The van der Waals surface area contributed by atoms with Gasteiger partial charge >= 0.3 is 0 Å². The molecule has 0 amide bonds. The van der Waals surface area contributed by atoms with Gasteiger partial charge < -0.3 is 0 Å². The number of hydrogen-bond acceptors (Lipinski definition) is 1. The lowest BCUT2D eigenvalue weighted by Crippen LogP contribution is -2.43. The Bertz CT molecular complexity index is 2530. The molecule has 0 saturated heterocycles. The van der Waals surface area contributed by atoms with Gasteiger partial charge in [0.15, 0.2) is 0 Å². The van der Waals surface area contributed by atoms with E-state index in [0.29, 0.717) is 0 Å². The van der Waals surface area contributed by atoms with Gasteiger partial charge in [0.1, 0.15) is 0 Å². The third-order valence-corrected chi connectivity index (χ3v) is 12.6. The summed E-state index contributed by atoms with van der Waals surface area (Å²) in [7, 11) is 0. The summed E-state index contributed by atoms with van der Waals surface area (Å²) in [6.07, 6.45) is 0. The molecule has 0 nitrogen and oxygen atoms in total. The van der Waals surface area contributed by atoms with Gasteiger partial charge in [-0.25, -0.2) is 0 Å². The number of benzene rings is 7. The summed E-state index contributed by atoms with van der Waals surface area (Å²) < 4.78 is 2.66. The molecule has 0 radical (unpaired) electrons. The molecular formula is C44H25ClS. The van der Waals surface area contributed by atoms with Gasteiger partial charge in [0.05, 0.1) is 10.8 Å². The molecule has 1 aromatic heterocycles. The lowest BCUT2D eigenvalue weighted by atomic mass is 9.52. The van der Waals surface area contributed by atoms with Crippen LogP contribution in [-0.4, -0.2) is 0 Å². The standard InChI is InChI=1S/C44H25ClS/c45-38-22-11-15-30-40-37(25-24-29-28-14-3-10-23-39(28)46-42(29)40)44(41(30)38)35-20-8-6-18-33(35)43(34-19-7-9-21-36(34)44)31-16-4-1-12-26(31)27-13-2-5-17-32(27)43/h1-25H. The third kappa shape index (κ3) is 2.69. The maximum absolute atomic E-state index is 7.46. The molecule has 0 unspecified atom stereocenters. The van der Waals surface area contributed by atoms with Crippen LogP contribution in [0.15, 0.2) is 152 Å². The van der Waals surface area contributed by atoms with Crippen LogP contribution >= 0.6 is 22.9 Å². The summed E-state index contributed by atoms with van der Waals surface area (Å²) in [5.74, 6) is 0. The quantitative estimate of drug-likeness (QED) is 0.158. The Morgan fingerprint density at radius 3 is 1.57 bits per heavy atom. The van der Waals surface area contributed by atoms with E-state index in [9.17, 15) is 0 Å². The maximum atomic E-state index is 7.46. The van der Waals surface area contributed by atoms with Crippen LogP contribution < -0.4 is 0 Å². The molecule has 3 aliphatic carbocycles. The van der Waals surface area contributed by atoms with Gasteiger partial charge in [0, 0.05) is 30.8 Å². The predicted molar refractivity (Wildman–Crippen MR) is 193 cm³/mol. The van der Waals surface area contributed by atoms with Gasteiger partial charge in [-0.3, -0.25) is 0 Å². The van der Waals surface area contributed by atoms with Gasteiger partial charge in [0.25, 0.3) is 0 Å². The van der Waals surface area contributed by atoms with Crippen LogP contribution in [0.4, 0.5) is 0 Å². The summed E-state index contributed by atoms with van der Waals surface area (Å²) in [6, 6.07) is 56.6. The second-order valence-corrected chi connectivity index (χ2v) is 14.3. The van der Waals surface area contributed by atoms with Crippen molar-refractivity contribution in [2.45, 2.75) is 10.8 Å². The number of rotatable bonds is 0. The van der Waals surface area contributed by atoms with Crippen molar-refractivity contribution >= 4 is 43.1 Å². The molecule has 0 aliphatic heterocycles. The summed E-state index contributed by atoms with van der Waals surface area (Å²) in [6.45, 7) is 0. The highest BCUT2D eigenvalue weighted by Crippen LogP contribution is 2.68. The van der Waals surface area contributed by atoms with Crippen molar-refractivity contribution in [3.8, 4) is 22.3 Å². The first kappa shape index (κ1) is 25.3. The fourth-order valence-electron chi connectivity index (χ4n) is 9.56. The minimum absolute atomic E-state index is 0.447. The van der Waals surface area contributed by atoms with E-state index >= 15 is 0 Å². The Morgan fingerprint density at radius 2 is 0.913 bits per heavy atom. The van der Waals surface area contributed by atoms with Crippen molar-refractivity contribution in [3.05, 3.63) is 201 Å². The second kappa shape index (κ2) is 8.65. The summed E-state index contributed by atoms with van der Waals surface area (Å²) in [5, 5.41) is 3.45. The normalized spacial score (nSPS) is 15.4. The van der Waals surface area contributed by atoms with E-state index in [1.54, 1.807) is 0 Å². The van der Waals surface area contributed by atoms with Crippen LogP contribution in [0.5, 0.6) is 0 Å². The molecule has 2 spiro atoms. The van der Waals surface area contributed by atoms with E-state index in [1.807, 2.05) is 11.3 Å². The fourth-order valence-corrected chi connectivity index (χ4v) is 11.1. The van der Waals surface area contributed by atoms with Crippen LogP contribution in [0.3, 0.4) is 0 Å². The Morgan fingerprint density at radius 1 is 0.391 bits per heavy atom. The smallest absolute Gasteiger partial charge is 0.0735 e. The fraction of sp³-hybridized carbons (Fsp3) is 0.0455. The first-order valence-electron chi connectivity index (χ1n) is 15.9. The first-order valence-corrected chi connectivity index (χ1v) is 17.1. The maximum Gasteiger partial charge on any atom is 0.0735 e. The van der Waals surface area contributed by atoms with Crippen molar-refractivity contribution in [2.75, 3.05) is 0 Å². The SMILES string of the molecule is Clc1cccc2c1C1(c3ccccc3C3(c4ccccc4-c4ccccc43)c3ccccc31)c1ccc3c(sc4ccccc43)c1-2. The van der Waals surface area contributed by atoms with Crippen molar-refractivity contribution in [1.29, 1.82) is 0 Å². The van der Waals surface area contributed by atoms with Gasteiger partial charge in [0.2, 0.25) is 0 Å². The average Bonchev–Trinajstić information content (AvgIpc) is 3.74. The number of hydrogen-bond donors (Lipinski definition) is 0. The van der Waals surface area contributed by atoms with Crippen molar-refractivity contribution in [1.82, 2.24) is 0 Å². The highest BCUT2D eigenvalue weighted by molar-refractivity contribution is 7.26. The Labute approximate surface area is 276 Å². The average molecular weight is 621 g/mol. The zero-order chi connectivity index (χ0) is 30.2. The molecule has 8 aromatic rings. The van der Waals surface area contributed by atoms with E-state index in [-0.39, 0.29) is 0 Å². The molecule has 0 N–H and O–H groups in total. The Kier molecular flexibility index (Phi) is 4.75. The largest absolute Gasteiger partial charge is 0.135 e. The molecule has 0 fully saturated rings. The summed E-state index contributed by atoms with van der Waals surface area (Å²) in [4.78, 5) is 0. The molecule has 7 aromatic carbocycles. The van der Waals surface area contributed by atoms with Gasteiger partial charge in [-0.05, 0) is 73.3 Å². The molecule has 1 heterocycles. The first-order chi connectivity index (χ1) is 22.8. The van der Waals surface area contributed by atoms with Gasteiger partial charge in [-0.2, -0.15) is 0 Å². The summed E-state index contributed by atoms with van der Waals surface area (Å²) in [5.41, 5.74) is 14.7. The van der Waals surface area contributed by atoms with E-state index in [4.69, 9.17) is 11.6 Å². The monoisotopic (exact) mass is 620 g/mol. The van der Waals surface area contributed by atoms with Crippen LogP contribution in [0.1, 0.15) is 44.5 Å². The van der Waals surface area contributed by atoms with Crippen LogP contribution in [0.2, 0.25) is 5.02 Å². The van der Waals surface area contributed by atoms with Gasteiger partial charge in [-0.1, -0.05) is 151 Å². The van der Waals surface area contributed by atoms with Crippen molar-refractivity contribution in [3.63, 3.8) is 0 Å². The predicted octanol–water partition coefficient (Wildman–Crippen LogP) is 11.7. The van der Waals surface area contributed by atoms with E-state index in [0.717, 1.165) is 5.02 Å². The topological polar surface area (TPSA) is 0 Å². The zero-order valence-corrected chi connectivity index (χ0v) is 26.3. The number of halogens is 1. The van der Waals surface area contributed by atoms with E-state index in [1.165, 1.54) is 86.9 Å². The molecule has 46 heavy (non-hydrogen) atoms. The summed E-state index contributed by atoms with van der Waals surface area (Å²) >= 11 is 9.37. The lowest BCUT2D eigenvalue weighted by Gasteiger charge is -2.49. The van der Waals surface area contributed by atoms with Crippen LogP contribution in [0.25, 0.3) is 42.4 Å². The Balaban J connectivity index is 1.37. The minimum atomic E-state index is -0.571. The van der Waals surface area contributed by atoms with E-state index < -0.39 is 10.8 Å². The molecule has 2 heteroatoms. The molecule has 11 rings (SSSR count). The van der Waals surface area contributed by atoms with Crippen LogP contribution in [-0.2, 0) is 10.8 Å². The lowest BCUT2D eigenvalue weighted by molar-refractivity contribution is 0.633. The Hall–Kier alpha value is -4.95. The molecule has 214 valence electrons.